The fourth-order valence-corrected chi connectivity index (χ4v) is 5.70. The van der Waals surface area contributed by atoms with Crippen LogP contribution in [0.1, 0.15) is 35.3 Å². The number of carbonyl (C=O) groups excluding carboxylic acids is 2. The number of nitrogens with zero attached hydrogens (tertiary/aromatic N) is 1. The summed E-state index contributed by atoms with van der Waals surface area (Å²) in [5.41, 5.74) is 1.64. The minimum Gasteiger partial charge on any atom is -0.455 e. The summed E-state index contributed by atoms with van der Waals surface area (Å²) < 4.78 is 5.13. The fourth-order valence-electron chi connectivity index (χ4n) is 3.70. The number of amides is 1. The van der Waals surface area contributed by atoms with Crippen molar-refractivity contribution in [1.29, 1.82) is 5.26 Å². The highest BCUT2D eigenvalue weighted by molar-refractivity contribution is 8.00. The summed E-state index contributed by atoms with van der Waals surface area (Å²) in [5.74, 6) is -0.740. The molecule has 0 bridgehead atoms. The van der Waals surface area contributed by atoms with Gasteiger partial charge in [0.05, 0.1) is 11.3 Å². The van der Waals surface area contributed by atoms with Gasteiger partial charge < -0.3 is 10.1 Å². The van der Waals surface area contributed by atoms with Crippen LogP contribution in [0.3, 0.4) is 0 Å². The van der Waals surface area contributed by atoms with Crippen molar-refractivity contribution >= 4 is 50.7 Å². The molecule has 5 nitrogen and oxygen atoms in total. The number of rotatable bonds is 6. The van der Waals surface area contributed by atoms with Gasteiger partial charge in [-0.3, -0.25) is 9.59 Å². The molecule has 0 saturated carbocycles. The number of ether oxygens (including phenoxy) is 1. The largest absolute Gasteiger partial charge is 0.455 e. The van der Waals surface area contributed by atoms with Crippen molar-refractivity contribution in [2.75, 3.05) is 17.7 Å². The van der Waals surface area contributed by atoms with E-state index in [0.717, 1.165) is 46.9 Å². The molecule has 0 radical (unpaired) electrons. The topological polar surface area (TPSA) is 79.2 Å². The molecule has 0 aliphatic heterocycles. The summed E-state index contributed by atoms with van der Waals surface area (Å²) in [4.78, 5) is 26.5. The number of nitrogens with one attached hydrogen (secondary N) is 1. The Balaban J connectivity index is 1.28. The summed E-state index contributed by atoms with van der Waals surface area (Å²) in [6.07, 6.45) is 5.18. The van der Waals surface area contributed by atoms with Crippen LogP contribution >= 0.6 is 23.1 Å². The molecule has 1 aromatic heterocycles. The molecular weight excluding hydrogens is 428 g/mol. The van der Waals surface area contributed by atoms with E-state index in [1.807, 2.05) is 42.5 Å². The Bertz CT molecular complexity index is 1160. The number of aryl methyl sites for hydroxylation is 1. The molecule has 0 saturated heterocycles. The van der Waals surface area contributed by atoms with Gasteiger partial charge in [0, 0.05) is 9.77 Å². The second kappa shape index (κ2) is 9.99. The van der Waals surface area contributed by atoms with Crippen molar-refractivity contribution in [2.24, 2.45) is 0 Å². The molecule has 1 aliphatic carbocycles. The number of nitriles is 1. The molecule has 1 aliphatic rings. The Hall–Kier alpha value is -2.82. The molecule has 4 rings (SSSR count). The van der Waals surface area contributed by atoms with E-state index in [1.165, 1.54) is 34.4 Å². The van der Waals surface area contributed by atoms with Crippen molar-refractivity contribution < 1.29 is 14.3 Å². The molecule has 1 heterocycles. The molecule has 2 aromatic carbocycles. The van der Waals surface area contributed by atoms with E-state index in [0.29, 0.717) is 10.6 Å². The number of carbonyl (C=O) groups is 2. The van der Waals surface area contributed by atoms with Crippen LogP contribution in [0.25, 0.3) is 10.8 Å². The molecular formula is C24H22N2O3S2. The lowest BCUT2D eigenvalue weighted by molar-refractivity contribution is -0.144. The maximum absolute atomic E-state index is 12.3. The van der Waals surface area contributed by atoms with Crippen molar-refractivity contribution in [3.63, 3.8) is 0 Å². The molecule has 0 atom stereocenters. The lowest BCUT2D eigenvalue weighted by Gasteiger charge is -2.07. The Morgan fingerprint density at radius 3 is 2.74 bits per heavy atom. The molecule has 1 amide bonds. The number of benzene rings is 2. The third-order valence-electron chi connectivity index (χ3n) is 5.23. The van der Waals surface area contributed by atoms with E-state index in [1.54, 1.807) is 0 Å². The Morgan fingerprint density at radius 1 is 1.10 bits per heavy atom. The summed E-state index contributed by atoms with van der Waals surface area (Å²) in [6.45, 7) is -0.357. The lowest BCUT2D eigenvalue weighted by Crippen LogP contribution is -2.21. The zero-order chi connectivity index (χ0) is 21.6. The Labute approximate surface area is 189 Å². The zero-order valence-electron chi connectivity index (χ0n) is 17.0. The first-order valence-corrected chi connectivity index (χ1v) is 12.1. The highest BCUT2D eigenvalue weighted by atomic mass is 32.2. The molecule has 1 N–H and O–H groups in total. The average molecular weight is 451 g/mol. The van der Waals surface area contributed by atoms with Crippen LogP contribution in [0.15, 0.2) is 47.4 Å². The van der Waals surface area contributed by atoms with Crippen molar-refractivity contribution in [3.8, 4) is 6.07 Å². The fraction of sp³-hybridized carbons (Fsp3) is 0.292. The van der Waals surface area contributed by atoms with Crippen molar-refractivity contribution in [2.45, 2.75) is 37.0 Å². The van der Waals surface area contributed by atoms with Crippen LogP contribution in [0.5, 0.6) is 0 Å². The van der Waals surface area contributed by atoms with Gasteiger partial charge in [-0.05, 0) is 54.2 Å². The average Bonchev–Trinajstić information content (AvgIpc) is 2.94. The van der Waals surface area contributed by atoms with E-state index in [4.69, 9.17) is 4.74 Å². The predicted octanol–water partition coefficient (Wildman–Crippen LogP) is 5.32. The predicted molar refractivity (Wildman–Crippen MR) is 125 cm³/mol. The van der Waals surface area contributed by atoms with Gasteiger partial charge in [-0.25, -0.2) is 0 Å². The molecule has 7 heteroatoms. The zero-order valence-corrected chi connectivity index (χ0v) is 18.6. The summed E-state index contributed by atoms with van der Waals surface area (Å²) in [7, 11) is 0. The maximum Gasteiger partial charge on any atom is 0.316 e. The number of hydrogen-bond acceptors (Lipinski definition) is 6. The van der Waals surface area contributed by atoms with Crippen LogP contribution in [-0.4, -0.2) is 24.2 Å². The quantitative estimate of drug-likeness (QED) is 0.312. The molecule has 3 aromatic rings. The van der Waals surface area contributed by atoms with Crippen LogP contribution in [0.4, 0.5) is 5.00 Å². The molecule has 0 unspecified atom stereocenters. The summed E-state index contributed by atoms with van der Waals surface area (Å²) in [5, 5.41) is 15.1. The first kappa shape index (κ1) is 21.4. The first-order valence-electron chi connectivity index (χ1n) is 10.3. The van der Waals surface area contributed by atoms with Crippen LogP contribution in [0.2, 0.25) is 0 Å². The second-order valence-corrected chi connectivity index (χ2v) is 9.54. The first-order chi connectivity index (χ1) is 15.1. The Morgan fingerprint density at radius 2 is 1.90 bits per heavy atom. The third kappa shape index (κ3) is 5.27. The van der Waals surface area contributed by atoms with Gasteiger partial charge in [0.2, 0.25) is 0 Å². The number of thiophene rings is 1. The van der Waals surface area contributed by atoms with E-state index >= 15 is 0 Å². The van der Waals surface area contributed by atoms with Crippen molar-refractivity contribution in [1.82, 2.24) is 0 Å². The number of anilines is 1. The second-order valence-electron chi connectivity index (χ2n) is 7.39. The van der Waals surface area contributed by atoms with Gasteiger partial charge in [0.25, 0.3) is 5.91 Å². The minimum absolute atomic E-state index is 0.127. The summed E-state index contributed by atoms with van der Waals surface area (Å²) in [6, 6.07) is 16.3. The Kier molecular flexibility index (Phi) is 6.90. The maximum atomic E-state index is 12.3. The van der Waals surface area contributed by atoms with E-state index in [2.05, 4.69) is 11.4 Å². The molecule has 0 fully saturated rings. The van der Waals surface area contributed by atoms with Gasteiger partial charge in [-0.1, -0.05) is 36.8 Å². The monoisotopic (exact) mass is 450 g/mol. The number of fused-ring (bicyclic) bond motifs is 2. The highest BCUT2D eigenvalue weighted by Gasteiger charge is 2.21. The van der Waals surface area contributed by atoms with E-state index < -0.39 is 11.9 Å². The smallest absolute Gasteiger partial charge is 0.316 e. The summed E-state index contributed by atoms with van der Waals surface area (Å²) >= 11 is 2.85. The SMILES string of the molecule is N#Cc1c(NC(=O)COC(=O)CSc2ccc3ccccc3c2)sc2c1CCCCC2. The van der Waals surface area contributed by atoms with Gasteiger partial charge in [-0.15, -0.1) is 23.1 Å². The van der Waals surface area contributed by atoms with Gasteiger partial charge >= 0.3 is 5.97 Å². The standard InChI is InChI=1S/C24H22N2O3S2/c25-13-20-19-8-2-1-3-9-21(19)31-24(20)26-22(27)14-29-23(28)15-30-18-11-10-16-6-4-5-7-17(16)12-18/h4-7,10-12H,1-3,8-9,14-15H2,(H,26,27). The van der Waals surface area contributed by atoms with E-state index in [-0.39, 0.29) is 12.4 Å². The van der Waals surface area contributed by atoms with E-state index in [9.17, 15) is 14.9 Å². The molecule has 158 valence electrons. The highest BCUT2D eigenvalue weighted by Crippen LogP contribution is 2.36. The van der Waals surface area contributed by atoms with Gasteiger partial charge in [0.1, 0.15) is 11.1 Å². The van der Waals surface area contributed by atoms with Crippen LogP contribution in [0, 0.1) is 11.3 Å². The molecule has 0 spiro atoms. The lowest BCUT2D eigenvalue weighted by atomic mass is 10.1. The number of esters is 1. The number of hydrogen-bond donors (Lipinski definition) is 1. The van der Waals surface area contributed by atoms with Gasteiger partial charge in [-0.2, -0.15) is 5.26 Å². The van der Waals surface area contributed by atoms with Crippen LogP contribution in [-0.2, 0) is 27.2 Å². The third-order valence-corrected chi connectivity index (χ3v) is 7.40. The van der Waals surface area contributed by atoms with Crippen LogP contribution < -0.4 is 5.32 Å². The molecule has 31 heavy (non-hydrogen) atoms. The van der Waals surface area contributed by atoms with Gasteiger partial charge in [0.15, 0.2) is 6.61 Å². The van der Waals surface area contributed by atoms with Crippen molar-refractivity contribution in [3.05, 3.63) is 58.5 Å². The number of thioether (sulfide) groups is 1. The minimum atomic E-state index is -0.448. The normalized spacial score (nSPS) is 13.1.